The number of nitrogens with two attached hydrogens (primary N) is 1. The van der Waals surface area contributed by atoms with E-state index in [9.17, 15) is 0 Å². The van der Waals surface area contributed by atoms with Gasteiger partial charge in [0.05, 0.1) is 19.2 Å². The van der Waals surface area contributed by atoms with E-state index in [1.165, 1.54) is 0 Å². The zero-order chi connectivity index (χ0) is 15.0. The van der Waals surface area contributed by atoms with Gasteiger partial charge in [0.25, 0.3) is 0 Å². The number of ether oxygens (including phenoxy) is 2. The van der Waals surface area contributed by atoms with E-state index in [0.29, 0.717) is 33.7 Å². The van der Waals surface area contributed by atoms with Crippen LogP contribution >= 0.6 is 11.6 Å². The topological polar surface area (TPSA) is 61.8 Å². The number of nitrogens with zero attached hydrogens (tertiary/aromatic N) is 2. The summed E-state index contributed by atoms with van der Waals surface area (Å²) >= 11 is 6.17. The van der Waals surface area contributed by atoms with E-state index in [1.807, 2.05) is 30.5 Å². The third-order valence-corrected chi connectivity index (χ3v) is 3.60. The van der Waals surface area contributed by atoms with Crippen LogP contribution in [0.4, 0.5) is 5.82 Å². The van der Waals surface area contributed by atoms with E-state index in [2.05, 4.69) is 4.98 Å². The Morgan fingerprint density at radius 1 is 1.19 bits per heavy atom. The van der Waals surface area contributed by atoms with Crippen LogP contribution in [0, 0.1) is 0 Å². The number of halogens is 1. The summed E-state index contributed by atoms with van der Waals surface area (Å²) in [6, 6.07) is 9.07. The molecule has 108 valence electrons. The molecule has 0 aliphatic heterocycles. The lowest BCUT2D eigenvalue weighted by atomic mass is 10.1. The molecule has 0 saturated heterocycles. The Morgan fingerprint density at radius 3 is 2.67 bits per heavy atom. The van der Waals surface area contributed by atoms with Gasteiger partial charge in [-0.2, -0.15) is 0 Å². The molecule has 2 N–H and O–H groups in total. The number of aromatic nitrogens is 2. The molecule has 5 nitrogen and oxygen atoms in total. The Hall–Kier alpha value is -2.40. The monoisotopic (exact) mass is 303 g/mol. The number of rotatable bonds is 3. The number of fused-ring (bicyclic) bond motifs is 1. The number of methoxy groups -OCH3 is 2. The molecular weight excluding hydrogens is 290 g/mol. The number of hydrogen-bond donors (Lipinski definition) is 1. The molecule has 0 atom stereocenters. The number of benzene rings is 1. The predicted octanol–water partition coefficient (Wildman–Crippen LogP) is 3.25. The molecule has 0 radical (unpaired) electrons. The first-order valence-electron chi connectivity index (χ1n) is 6.30. The fourth-order valence-corrected chi connectivity index (χ4v) is 2.46. The maximum Gasteiger partial charge on any atom is 0.157 e. The van der Waals surface area contributed by atoms with Crippen molar-refractivity contribution in [2.45, 2.75) is 0 Å². The van der Waals surface area contributed by atoms with Crippen molar-refractivity contribution in [2.75, 3.05) is 20.0 Å². The fourth-order valence-electron chi connectivity index (χ4n) is 2.25. The van der Waals surface area contributed by atoms with Crippen molar-refractivity contribution in [3.8, 4) is 22.8 Å². The summed E-state index contributed by atoms with van der Waals surface area (Å²) in [5, 5.41) is 0.539. The second-order valence-electron chi connectivity index (χ2n) is 4.46. The highest BCUT2D eigenvalue weighted by atomic mass is 35.5. The van der Waals surface area contributed by atoms with Gasteiger partial charge in [-0.3, -0.25) is 4.40 Å². The fraction of sp³-hybridized carbons (Fsp3) is 0.133. The molecule has 6 heteroatoms. The number of hydrogen-bond acceptors (Lipinski definition) is 4. The van der Waals surface area contributed by atoms with E-state index in [1.54, 1.807) is 24.7 Å². The maximum atomic E-state index is 6.20. The molecule has 0 saturated carbocycles. The van der Waals surface area contributed by atoms with Crippen LogP contribution in [0.5, 0.6) is 11.5 Å². The van der Waals surface area contributed by atoms with Crippen molar-refractivity contribution in [1.29, 1.82) is 0 Å². The Balaban J connectivity index is 2.30. The van der Waals surface area contributed by atoms with Gasteiger partial charge in [0.2, 0.25) is 0 Å². The van der Waals surface area contributed by atoms with Crippen molar-refractivity contribution < 1.29 is 9.47 Å². The van der Waals surface area contributed by atoms with Crippen molar-refractivity contribution in [2.24, 2.45) is 0 Å². The van der Waals surface area contributed by atoms with Crippen LogP contribution in [0.25, 0.3) is 16.9 Å². The summed E-state index contributed by atoms with van der Waals surface area (Å²) < 4.78 is 12.4. The highest BCUT2D eigenvalue weighted by Gasteiger charge is 2.17. The minimum atomic E-state index is 0.499. The zero-order valence-electron chi connectivity index (χ0n) is 11.6. The Kier molecular flexibility index (Phi) is 3.35. The molecule has 3 rings (SSSR count). The summed E-state index contributed by atoms with van der Waals surface area (Å²) in [5.74, 6) is 1.87. The van der Waals surface area contributed by atoms with Crippen molar-refractivity contribution in [3.05, 3.63) is 41.6 Å². The third kappa shape index (κ3) is 2.15. The van der Waals surface area contributed by atoms with Gasteiger partial charge in [0.15, 0.2) is 5.65 Å². The summed E-state index contributed by atoms with van der Waals surface area (Å²) in [7, 11) is 3.21. The molecule has 21 heavy (non-hydrogen) atoms. The minimum Gasteiger partial charge on any atom is -0.497 e. The lowest BCUT2D eigenvalue weighted by Crippen LogP contribution is -1.96. The average molecular weight is 304 g/mol. The summed E-state index contributed by atoms with van der Waals surface area (Å²) in [6.07, 6.45) is 1.82. The van der Waals surface area contributed by atoms with E-state index in [4.69, 9.17) is 26.8 Å². The van der Waals surface area contributed by atoms with E-state index >= 15 is 0 Å². The van der Waals surface area contributed by atoms with Gasteiger partial charge in [-0.25, -0.2) is 4.98 Å². The first kappa shape index (κ1) is 13.6. The molecular formula is C15H14ClN3O2. The quantitative estimate of drug-likeness (QED) is 0.807. The van der Waals surface area contributed by atoms with Gasteiger partial charge in [0, 0.05) is 11.8 Å². The zero-order valence-corrected chi connectivity index (χ0v) is 12.4. The number of nitrogen functional groups attached to an aromatic ring is 1. The van der Waals surface area contributed by atoms with Gasteiger partial charge in [-0.05, 0) is 30.3 Å². The van der Waals surface area contributed by atoms with Crippen LogP contribution in [0.1, 0.15) is 0 Å². The summed E-state index contributed by atoms with van der Waals surface area (Å²) in [6.45, 7) is 0. The highest BCUT2D eigenvalue weighted by molar-refractivity contribution is 6.33. The molecule has 2 heterocycles. The van der Waals surface area contributed by atoms with Gasteiger partial charge in [0.1, 0.15) is 23.0 Å². The van der Waals surface area contributed by atoms with Crippen LogP contribution in [-0.2, 0) is 0 Å². The second kappa shape index (κ2) is 5.18. The second-order valence-corrected chi connectivity index (χ2v) is 4.87. The SMILES string of the molecule is COc1ccc(OC)c(-c2nc3c(Cl)cccn3c2N)c1. The molecule has 0 unspecified atom stereocenters. The van der Waals surface area contributed by atoms with Crippen molar-refractivity contribution in [1.82, 2.24) is 9.38 Å². The van der Waals surface area contributed by atoms with Crippen molar-refractivity contribution >= 4 is 23.1 Å². The van der Waals surface area contributed by atoms with E-state index in [-0.39, 0.29) is 0 Å². The van der Waals surface area contributed by atoms with E-state index < -0.39 is 0 Å². The molecule has 0 spiro atoms. The van der Waals surface area contributed by atoms with Gasteiger partial charge in [-0.1, -0.05) is 11.6 Å². The summed E-state index contributed by atoms with van der Waals surface area (Å²) in [4.78, 5) is 4.54. The molecule has 3 aromatic rings. The van der Waals surface area contributed by atoms with Gasteiger partial charge < -0.3 is 15.2 Å². The van der Waals surface area contributed by atoms with Gasteiger partial charge >= 0.3 is 0 Å². The Morgan fingerprint density at radius 2 is 2.00 bits per heavy atom. The molecule has 0 amide bonds. The van der Waals surface area contributed by atoms with Crippen molar-refractivity contribution in [3.63, 3.8) is 0 Å². The van der Waals surface area contributed by atoms with Crippen LogP contribution in [0.2, 0.25) is 5.02 Å². The molecule has 1 aromatic carbocycles. The van der Waals surface area contributed by atoms with Crippen LogP contribution < -0.4 is 15.2 Å². The largest absolute Gasteiger partial charge is 0.497 e. The lowest BCUT2D eigenvalue weighted by Gasteiger charge is -2.09. The molecule has 0 fully saturated rings. The Labute approximate surface area is 126 Å². The maximum absolute atomic E-state index is 6.20. The van der Waals surface area contributed by atoms with E-state index in [0.717, 1.165) is 5.56 Å². The first-order valence-corrected chi connectivity index (χ1v) is 6.68. The standard InChI is InChI=1S/C15H14ClN3O2/c1-20-9-5-6-12(21-2)10(8-9)13-14(17)19-7-3-4-11(16)15(19)18-13/h3-8H,17H2,1-2H3. The summed E-state index contributed by atoms with van der Waals surface area (Å²) in [5.41, 5.74) is 8.18. The number of pyridine rings is 1. The smallest absolute Gasteiger partial charge is 0.157 e. The highest BCUT2D eigenvalue weighted by Crippen LogP contribution is 2.37. The van der Waals surface area contributed by atoms with Crippen LogP contribution in [-0.4, -0.2) is 23.6 Å². The molecule has 0 aliphatic carbocycles. The lowest BCUT2D eigenvalue weighted by molar-refractivity contribution is 0.404. The van der Waals surface area contributed by atoms with Crippen LogP contribution in [0.15, 0.2) is 36.5 Å². The van der Waals surface area contributed by atoms with Crippen LogP contribution in [0.3, 0.4) is 0 Å². The normalized spacial score (nSPS) is 10.8. The first-order chi connectivity index (χ1) is 10.2. The molecule has 2 aromatic heterocycles. The van der Waals surface area contributed by atoms with Gasteiger partial charge in [-0.15, -0.1) is 0 Å². The predicted molar refractivity (Wildman–Crippen MR) is 83.2 cm³/mol. The third-order valence-electron chi connectivity index (χ3n) is 3.30. The average Bonchev–Trinajstić information content (AvgIpc) is 2.85. The minimum absolute atomic E-state index is 0.499. The number of anilines is 1. The Bertz CT molecular complexity index is 814. The number of imidazole rings is 1. The molecule has 0 bridgehead atoms. The molecule has 0 aliphatic rings.